The molecule has 1 heterocycles. The molecule has 0 aliphatic carbocycles. The third-order valence-electron chi connectivity index (χ3n) is 2.94. The van der Waals surface area contributed by atoms with Gasteiger partial charge in [0.15, 0.2) is 0 Å². The normalized spacial score (nSPS) is 11.2. The first-order valence-electron chi connectivity index (χ1n) is 5.40. The third kappa shape index (κ3) is 1.78. The van der Waals surface area contributed by atoms with E-state index in [-0.39, 0.29) is 21.5 Å². The van der Waals surface area contributed by atoms with Gasteiger partial charge in [-0.1, -0.05) is 18.5 Å². The van der Waals surface area contributed by atoms with E-state index in [0.717, 1.165) is 6.07 Å². The number of aryl methyl sites for hydroxylation is 2. The first-order chi connectivity index (χ1) is 7.97. The summed E-state index contributed by atoms with van der Waals surface area (Å²) in [5, 5.41) is 0.339. The van der Waals surface area contributed by atoms with Gasteiger partial charge < -0.3 is 0 Å². The molecular weight excluding hydrogens is 244 g/mol. The topological polar surface area (TPSA) is 12.9 Å². The van der Waals surface area contributed by atoms with Gasteiger partial charge in [-0.15, -0.1) is 0 Å². The van der Waals surface area contributed by atoms with Crippen LogP contribution in [0.2, 0.25) is 5.02 Å². The van der Waals surface area contributed by atoms with Gasteiger partial charge in [-0.3, -0.25) is 0 Å². The molecule has 1 aromatic heterocycles. The molecule has 0 spiro atoms. The second-order valence-corrected chi connectivity index (χ2v) is 4.44. The van der Waals surface area contributed by atoms with Crippen LogP contribution in [0.3, 0.4) is 0 Å². The van der Waals surface area contributed by atoms with Gasteiger partial charge in [-0.2, -0.15) is 0 Å². The van der Waals surface area contributed by atoms with Crippen LogP contribution < -0.4 is 0 Å². The minimum absolute atomic E-state index is 0.0144. The number of pyridine rings is 1. The van der Waals surface area contributed by atoms with Gasteiger partial charge in [-0.25, -0.2) is 13.8 Å². The molecule has 0 amide bonds. The Labute approximate surface area is 103 Å². The summed E-state index contributed by atoms with van der Waals surface area (Å²) in [5.74, 6) is -1.03. The van der Waals surface area contributed by atoms with E-state index in [0.29, 0.717) is 17.7 Å². The molecule has 1 aromatic carbocycles. The maximum atomic E-state index is 14.0. The second kappa shape index (κ2) is 4.22. The Morgan fingerprint density at radius 1 is 1.29 bits per heavy atom. The van der Waals surface area contributed by atoms with Crippen molar-refractivity contribution < 1.29 is 8.78 Å². The van der Waals surface area contributed by atoms with Crippen LogP contribution in [-0.2, 0) is 6.42 Å². The SMILES string of the molecule is CCc1nc2c(F)cc(C)c(F)c2c(Cl)c1C. The molecule has 0 aliphatic heterocycles. The van der Waals surface area contributed by atoms with Gasteiger partial charge in [-0.05, 0) is 37.5 Å². The lowest BCUT2D eigenvalue weighted by Crippen LogP contribution is -2.00. The van der Waals surface area contributed by atoms with Crippen LogP contribution in [0.4, 0.5) is 8.78 Å². The van der Waals surface area contributed by atoms with Crippen LogP contribution in [0, 0.1) is 25.5 Å². The molecule has 17 heavy (non-hydrogen) atoms. The molecule has 0 radical (unpaired) electrons. The van der Waals surface area contributed by atoms with Crippen molar-refractivity contribution in [3.63, 3.8) is 0 Å². The van der Waals surface area contributed by atoms with Crippen molar-refractivity contribution in [2.24, 2.45) is 0 Å². The zero-order valence-electron chi connectivity index (χ0n) is 9.87. The Hall–Kier alpha value is -1.22. The van der Waals surface area contributed by atoms with Crippen molar-refractivity contribution in [2.45, 2.75) is 27.2 Å². The second-order valence-electron chi connectivity index (χ2n) is 4.06. The molecule has 0 N–H and O–H groups in total. The smallest absolute Gasteiger partial charge is 0.149 e. The van der Waals surface area contributed by atoms with Crippen molar-refractivity contribution in [1.82, 2.24) is 4.98 Å². The average molecular weight is 256 g/mol. The van der Waals surface area contributed by atoms with Crippen molar-refractivity contribution in [1.29, 1.82) is 0 Å². The van der Waals surface area contributed by atoms with Crippen LogP contribution in [0.1, 0.15) is 23.7 Å². The highest BCUT2D eigenvalue weighted by molar-refractivity contribution is 6.36. The number of fused-ring (bicyclic) bond motifs is 1. The Morgan fingerprint density at radius 3 is 2.53 bits per heavy atom. The fourth-order valence-corrected chi connectivity index (χ4v) is 2.21. The summed E-state index contributed by atoms with van der Waals surface area (Å²) in [6, 6.07) is 1.15. The number of rotatable bonds is 1. The summed E-state index contributed by atoms with van der Waals surface area (Å²) < 4.78 is 27.7. The predicted octanol–water partition coefficient (Wildman–Crippen LogP) is 4.35. The third-order valence-corrected chi connectivity index (χ3v) is 3.41. The molecule has 4 heteroatoms. The Kier molecular flexibility index (Phi) is 3.04. The highest BCUT2D eigenvalue weighted by atomic mass is 35.5. The largest absolute Gasteiger partial charge is 0.249 e. The fraction of sp³-hybridized carbons (Fsp3) is 0.308. The number of halogens is 3. The molecule has 1 nitrogen and oxygen atoms in total. The first kappa shape index (κ1) is 12.2. The Bertz CT molecular complexity index is 608. The van der Waals surface area contributed by atoms with E-state index in [1.165, 1.54) is 6.92 Å². The zero-order valence-corrected chi connectivity index (χ0v) is 10.6. The molecule has 0 atom stereocenters. The highest BCUT2D eigenvalue weighted by Crippen LogP contribution is 2.32. The Morgan fingerprint density at radius 2 is 1.94 bits per heavy atom. The lowest BCUT2D eigenvalue weighted by molar-refractivity contribution is 0.607. The highest BCUT2D eigenvalue weighted by Gasteiger charge is 2.17. The number of benzene rings is 1. The fourth-order valence-electron chi connectivity index (χ4n) is 1.93. The van der Waals surface area contributed by atoms with Crippen LogP contribution in [-0.4, -0.2) is 4.98 Å². The number of hydrogen-bond donors (Lipinski definition) is 0. The molecule has 0 aliphatic rings. The summed E-state index contributed by atoms with van der Waals surface area (Å²) in [7, 11) is 0. The zero-order chi connectivity index (χ0) is 12.7. The van der Waals surface area contributed by atoms with Gasteiger partial charge in [0.25, 0.3) is 0 Å². The molecule has 0 bridgehead atoms. The number of nitrogens with zero attached hydrogens (tertiary/aromatic N) is 1. The van der Waals surface area contributed by atoms with Crippen molar-refractivity contribution >= 4 is 22.5 Å². The summed E-state index contributed by atoms with van der Waals surface area (Å²) in [6.07, 6.45) is 0.635. The molecule has 0 saturated carbocycles. The quantitative estimate of drug-likeness (QED) is 0.738. The van der Waals surface area contributed by atoms with Crippen LogP contribution in [0.15, 0.2) is 6.07 Å². The average Bonchev–Trinajstić information content (AvgIpc) is 2.29. The van der Waals surface area contributed by atoms with Crippen LogP contribution in [0.25, 0.3) is 10.9 Å². The molecule has 90 valence electrons. The lowest BCUT2D eigenvalue weighted by Gasteiger charge is -2.11. The van der Waals surface area contributed by atoms with Crippen molar-refractivity contribution in [2.75, 3.05) is 0 Å². The van der Waals surface area contributed by atoms with Gasteiger partial charge in [0.05, 0.1) is 10.4 Å². The van der Waals surface area contributed by atoms with E-state index in [1.807, 2.05) is 6.92 Å². The summed E-state index contributed by atoms with van der Waals surface area (Å²) in [5.41, 5.74) is 1.66. The molecule has 0 unspecified atom stereocenters. The van der Waals surface area contributed by atoms with Crippen molar-refractivity contribution in [3.05, 3.63) is 39.5 Å². The van der Waals surface area contributed by atoms with Crippen molar-refractivity contribution in [3.8, 4) is 0 Å². The molecular formula is C13H12ClF2N. The van der Waals surface area contributed by atoms with Crippen LogP contribution in [0.5, 0.6) is 0 Å². The molecule has 0 saturated heterocycles. The monoisotopic (exact) mass is 255 g/mol. The number of hydrogen-bond acceptors (Lipinski definition) is 1. The van der Waals surface area contributed by atoms with Gasteiger partial charge in [0.2, 0.25) is 0 Å². The van der Waals surface area contributed by atoms with E-state index in [9.17, 15) is 8.78 Å². The molecule has 0 fully saturated rings. The van der Waals surface area contributed by atoms with E-state index in [2.05, 4.69) is 4.98 Å². The van der Waals surface area contributed by atoms with E-state index < -0.39 is 11.6 Å². The number of aromatic nitrogens is 1. The first-order valence-corrected chi connectivity index (χ1v) is 5.78. The summed E-state index contributed by atoms with van der Waals surface area (Å²) >= 11 is 6.11. The maximum absolute atomic E-state index is 14.0. The molecule has 2 aromatic rings. The molecule has 2 rings (SSSR count). The van der Waals surface area contributed by atoms with E-state index >= 15 is 0 Å². The standard InChI is InChI=1S/C13H12ClF2N/c1-4-9-7(3)11(14)10-12(16)6(2)5-8(15)13(10)17-9/h5H,4H2,1-3H3. The Balaban J connectivity index is 3.01. The maximum Gasteiger partial charge on any atom is 0.149 e. The predicted molar refractivity (Wildman–Crippen MR) is 65.5 cm³/mol. The van der Waals surface area contributed by atoms with Gasteiger partial charge in [0, 0.05) is 5.69 Å². The summed E-state index contributed by atoms with van der Waals surface area (Å²) in [6.45, 7) is 5.18. The van der Waals surface area contributed by atoms with Crippen LogP contribution >= 0.6 is 11.6 Å². The van der Waals surface area contributed by atoms with Gasteiger partial charge in [0.1, 0.15) is 17.2 Å². The lowest BCUT2D eigenvalue weighted by atomic mass is 10.1. The minimum Gasteiger partial charge on any atom is -0.249 e. The van der Waals surface area contributed by atoms with Gasteiger partial charge >= 0.3 is 0 Å². The minimum atomic E-state index is -0.532. The van der Waals surface area contributed by atoms with E-state index in [1.54, 1.807) is 6.92 Å². The summed E-state index contributed by atoms with van der Waals surface area (Å²) in [4.78, 5) is 4.16. The van der Waals surface area contributed by atoms with E-state index in [4.69, 9.17) is 11.6 Å².